The zero-order chi connectivity index (χ0) is 14.4. The minimum Gasteiger partial charge on any atom is -0.385 e. The molecule has 0 aliphatic carbocycles. The summed E-state index contributed by atoms with van der Waals surface area (Å²) in [5, 5.41) is 1.16. The van der Waals surface area contributed by atoms with Crippen molar-refractivity contribution in [2.75, 3.05) is 33.9 Å². The first-order valence-corrected chi connectivity index (χ1v) is 7.00. The van der Waals surface area contributed by atoms with Gasteiger partial charge in [0.1, 0.15) is 0 Å². The minimum absolute atomic E-state index is 0.186. The van der Waals surface area contributed by atoms with Gasteiger partial charge in [0.05, 0.1) is 5.52 Å². The fraction of sp³-hybridized carbons (Fsp3) is 0.438. The van der Waals surface area contributed by atoms with Crippen LogP contribution in [0.25, 0.3) is 10.9 Å². The summed E-state index contributed by atoms with van der Waals surface area (Å²) in [6.45, 7) is 2.31. The average Bonchev–Trinajstić information content (AvgIpc) is 2.48. The lowest BCUT2D eigenvalue weighted by atomic mass is 10.0. The van der Waals surface area contributed by atoms with Crippen LogP contribution in [0.4, 0.5) is 0 Å². The van der Waals surface area contributed by atoms with E-state index < -0.39 is 0 Å². The molecule has 0 aliphatic heterocycles. The number of para-hydroxylation sites is 1. The number of nitrogens with zero attached hydrogens (tertiary/aromatic N) is 2. The first-order chi connectivity index (χ1) is 9.77. The second-order valence-corrected chi connectivity index (χ2v) is 5.00. The van der Waals surface area contributed by atoms with E-state index in [0.717, 1.165) is 30.5 Å². The van der Waals surface area contributed by atoms with Crippen LogP contribution in [0, 0.1) is 0 Å². The van der Waals surface area contributed by atoms with Crippen molar-refractivity contribution in [3.63, 3.8) is 0 Å². The topological polar surface area (TPSA) is 51.4 Å². The summed E-state index contributed by atoms with van der Waals surface area (Å²) in [5.74, 6) is 0. The van der Waals surface area contributed by atoms with Crippen molar-refractivity contribution < 1.29 is 4.74 Å². The Morgan fingerprint density at radius 2 is 2.10 bits per heavy atom. The molecule has 1 aromatic carbocycles. The van der Waals surface area contributed by atoms with Crippen molar-refractivity contribution in [1.29, 1.82) is 0 Å². The van der Waals surface area contributed by atoms with Crippen molar-refractivity contribution in [3.8, 4) is 0 Å². The molecule has 1 unspecified atom stereocenters. The third kappa shape index (κ3) is 3.33. The van der Waals surface area contributed by atoms with Gasteiger partial charge in [-0.15, -0.1) is 0 Å². The Kier molecular flexibility index (Phi) is 5.47. The minimum atomic E-state index is 0.186. The summed E-state index contributed by atoms with van der Waals surface area (Å²) < 4.78 is 5.11. The molecule has 2 rings (SSSR count). The highest BCUT2D eigenvalue weighted by Crippen LogP contribution is 2.25. The van der Waals surface area contributed by atoms with E-state index in [1.54, 1.807) is 7.11 Å². The first-order valence-electron chi connectivity index (χ1n) is 7.00. The van der Waals surface area contributed by atoms with Crippen LogP contribution in [0.3, 0.4) is 0 Å². The van der Waals surface area contributed by atoms with Gasteiger partial charge in [0.25, 0.3) is 0 Å². The van der Waals surface area contributed by atoms with Crippen LogP contribution in [0.15, 0.2) is 36.5 Å². The molecule has 0 aliphatic rings. The number of benzene rings is 1. The van der Waals surface area contributed by atoms with Crippen LogP contribution >= 0.6 is 0 Å². The molecule has 1 atom stereocenters. The van der Waals surface area contributed by atoms with Gasteiger partial charge in [-0.1, -0.05) is 24.3 Å². The van der Waals surface area contributed by atoms with Crippen molar-refractivity contribution in [2.24, 2.45) is 5.73 Å². The number of nitrogens with two attached hydrogens (primary N) is 1. The third-order valence-electron chi connectivity index (χ3n) is 3.64. The largest absolute Gasteiger partial charge is 0.385 e. The summed E-state index contributed by atoms with van der Waals surface area (Å²) in [4.78, 5) is 6.80. The second-order valence-electron chi connectivity index (χ2n) is 5.00. The smallest absolute Gasteiger partial charge is 0.0750 e. The van der Waals surface area contributed by atoms with Crippen molar-refractivity contribution >= 4 is 10.9 Å². The number of aromatic nitrogens is 1. The highest BCUT2D eigenvalue weighted by molar-refractivity contribution is 5.82. The number of rotatable bonds is 7. The Morgan fingerprint density at radius 1 is 1.30 bits per heavy atom. The number of fused-ring (bicyclic) bond motifs is 1. The Balaban J connectivity index is 2.25. The Hall–Kier alpha value is -1.49. The van der Waals surface area contributed by atoms with Gasteiger partial charge in [0.2, 0.25) is 0 Å². The highest BCUT2D eigenvalue weighted by Gasteiger charge is 2.17. The molecule has 0 radical (unpaired) electrons. The molecular formula is C16H23N3O. The van der Waals surface area contributed by atoms with Crippen molar-refractivity contribution in [1.82, 2.24) is 9.88 Å². The molecule has 20 heavy (non-hydrogen) atoms. The van der Waals surface area contributed by atoms with Gasteiger partial charge in [0, 0.05) is 44.4 Å². The molecule has 0 saturated carbocycles. The lowest BCUT2D eigenvalue weighted by Gasteiger charge is -2.27. The molecule has 1 heterocycles. The lowest BCUT2D eigenvalue weighted by Crippen LogP contribution is -2.32. The second kappa shape index (κ2) is 7.33. The molecule has 4 heteroatoms. The van der Waals surface area contributed by atoms with Gasteiger partial charge in [-0.3, -0.25) is 9.88 Å². The standard InChI is InChI=1S/C16H23N3O/c1-19(10-5-11-20-2)15(12-17)14-8-3-6-13-7-4-9-18-16(13)14/h3-4,6-9,15H,5,10-12,17H2,1-2H3. The number of likely N-dealkylation sites (N-methyl/N-ethyl adjacent to an activating group) is 1. The third-order valence-corrected chi connectivity index (χ3v) is 3.64. The van der Waals surface area contributed by atoms with Crippen LogP contribution < -0.4 is 5.73 Å². The molecule has 0 spiro atoms. The number of pyridine rings is 1. The Morgan fingerprint density at radius 3 is 2.85 bits per heavy atom. The number of methoxy groups -OCH3 is 1. The summed E-state index contributed by atoms with van der Waals surface area (Å²) in [5.41, 5.74) is 8.25. The summed E-state index contributed by atoms with van der Waals surface area (Å²) in [6, 6.07) is 10.5. The van der Waals surface area contributed by atoms with Crippen LogP contribution in [0.5, 0.6) is 0 Å². The monoisotopic (exact) mass is 273 g/mol. The van der Waals surface area contributed by atoms with E-state index in [0.29, 0.717) is 6.54 Å². The van der Waals surface area contributed by atoms with Gasteiger partial charge in [-0.05, 0) is 25.1 Å². The molecule has 0 saturated heterocycles. The lowest BCUT2D eigenvalue weighted by molar-refractivity contribution is 0.167. The van der Waals surface area contributed by atoms with Gasteiger partial charge >= 0.3 is 0 Å². The molecule has 4 nitrogen and oxygen atoms in total. The maximum absolute atomic E-state index is 6.00. The maximum atomic E-state index is 6.00. The summed E-state index contributed by atoms with van der Waals surface area (Å²) in [7, 11) is 3.84. The van der Waals surface area contributed by atoms with E-state index in [4.69, 9.17) is 10.5 Å². The Bertz CT molecular complexity index is 539. The predicted octanol–water partition coefficient (Wildman–Crippen LogP) is 2.20. The fourth-order valence-electron chi connectivity index (χ4n) is 2.56. The quantitative estimate of drug-likeness (QED) is 0.786. The van der Waals surface area contributed by atoms with Gasteiger partial charge in [0.15, 0.2) is 0 Å². The van der Waals surface area contributed by atoms with Crippen LogP contribution in [-0.2, 0) is 4.74 Å². The molecule has 0 fully saturated rings. The van der Waals surface area contributed by atoms with Gasteiger partial charge < -0.3 is 10.5 Å². The molecule has 0 amide bonds. The molecule has 108 valence electrons. The van der Waals surface area contributed by atoms with Crippen LogP contribution in [0.1, 0.15) is 18.0 Å². The van der Waals surface area contributed by atoms with E-state index >= 15 is 0 Å². The molecule has 0 bridgehead atoms. The van der Waals surface area contributed by atoms with Gasteiger partial charge in [-0.25, -0.2) is 0 Å². The average molecular weight is 273 g/mol. The zero-order valence-corrected chi connectivity index (χ0v) is 12.2. The normalized spacial score (nSPS) is 13.0. The highest BCUT2D eigenvalue weighted by atomic mass is 16.5. The van der Waals surface area contributed by atoms with Crippen molar-refractivity contribution in [3.05, 3.63) is 42.1 Å². The van der Waals surface area contributed by atoms with E-state index in [-0.39, 0.29) is 6.04 Å². The SMILES string of the molecule is COCCCN(C)C(CN)c1cccc2cccnc12. The predicted molar refractivity (Wildman–Crippen MR) is 82.7 cm³/mol. The van der Waals surface area contributed by atoms with Crippen molar-refractivity contribution in [2.45, 2.75) is 12.5 Å². The van der Waals surface area contributed by atoms with Crippen LogP contribution in [-0.4, -0.2) is 43.7 Å². The van der Waals surface area contributed by atoms with Gasteiger partial charge in [-0.2, -0.15) is 0 Å². The Labute approximate surface area is 120 Å². The zero-order valence-electron chi connectivity index (χ0n) is 12.2. The number of hydrogen-bond acceptors (Lipinski definition) is 4. The fourth-order valence-corrected chi connectivity index (χ4v) is 2.56. The summed E-state index contributed by atoms with van der Waals surface area (Å²) in [6.07, 6.45) is 2.84. The molecule has 2 N–H and O–H groups in total. The first kappa shape index (κ1) is 14.9. The number of hydrogen-bond donors (Lipinski definition) is 1. The summed E-state index contributed by atoms with van der Waals surface area (Å²) >= 11 is 0. The van der Waals surface area contributed by atoms with E-state index in [9.17, 15) is 0 Å². The molecule has 1 aromatic heterocycles. The van der Waals surface area contributed by atoms with E-state index in [1.807, 2.05) is 12.3 Å². The maximum Gasteiger partial charge on any atom is 0.0750 e. The number of ether oxygens (including phenoxy) is 1. The van der Waals surface area contributed by atoms with E-state index in [1.165, 1.54) is 5.56 Å². The van der Waals surface area contributed by atoms with E-state index in [2.05, 4.69) is 41.2 Å². The molecule has 2 aromatic rings. The van der Waals surface area contributed by atoms with Crippen LogP contribution in [0.2, 0.25) is 0 Å². The molecular weight excluding hydrogens is 250 g/mol.